The zero-order chi connectivity index (χ0) is 13.4. The second-order valence-electron chi connectivity index (χ2n) is 5.01. The van der Waals surface area contributed by atoms with E-state index in [-0.39, 0.29) is 10.5 Å². The number of aromatic carboxylic acids is 1. The lowest BCUT2D eigenvalue weighted by atomic mass is 9.83. The number of carbonyl (C=O) groups is 1. The molecule has 0 unspecified atom stereocenters. The van der Waals surface area contributed by atoms with Crippen molar-refractivity contribution in [3.05, 3.63) is 29.3 Å². The summed E-state index contributed by atoms with van der Waals surface area (Å²) >= 11 is 0. The number of benzene rings is 1. The Morgan fingerprint density at radius 1 is 1.24 bits per heavy atom. The van der Waals surface area contributed by atoms with Gasteiger partial charge in [0.2, 0.25) is 0 Å². The number of hydrogen-bond acceptors (Lipinski definition) is 3. The zero-order valence-corrected chi connectivity index (χ0v) is 11.1. The van der Waals surface area contributed by atoms with Gasteiger partial charge in [-0.1, -0.05) is 26.8 Å². The van der Waals surface area contributed by atoms with Crippen LogP contribution in [-0.2, 0) is 15.3 Å². The van der Waals surface area contributed by atoms with E-state index in [1.807, 2.05) is 0 Å². The first kappa shape index (κ1) is 13.7. The Labute approximate surface area is 101 Å². The summed E-state index contributed by atoms with van der Waals surface area (Å²) in [4.78, 5) is 11.2. The first-order valence-electron chi connectivity index (χ1n) is 5.12. The molecule has 0 fully saturated rings. The van der Waals surface area contributed by atoms with Gasteiger partial charge >= 0.3 is 5.97 Å². The lowest BCUT2D eigenvalue weighted by Crippen LogP contribution is -2.21. The molecule has 0 spiro atoms. The van der Waals surface area contributed by atoms with E-state index in [4.69, 9.17) is 5.11 Å². The van der Waals surface area contributed by atoms with Crippen molar-refractivity contribution in [2.75, 3.05) is 6.26 Å². The van der Waals surface area contributed by atoms with Crippen LogP contribution in [0.2, 0.25) is 0 Å². The SMILES string of the molecule is CC(C)(C)c1c(C(=O)O)cccc1S(C)(=O)=O. The first-order valence-corrected chi connectivity index (χ1v) is 7.01. The van der Waals surface area contributed by atoms with Crippen molar-refractivity contribution in [3.8, 4) is 0 Å². The quantitative estimate of drug-likeness (QED) is 0.879. The minimum atomic E-state index is -3.44. The molecule has 0 amide bonds. The van der Waals surface area contributed by atoms with E-state index in [1.54, 1.807) is 20.8 Å². The molecule has 94 valence electrons. The Morgan fingerprint density at radius 3 is 2.12 bits per heavy atom. The van der Waals surface area contributed by atoms with Crippen LogP contribution in [-0.4, -0.2) is 25.7 Å². The number of sulfone groups is 1. The molecule has 0 heterocycles. The number of carboxylic acid groups (broad SMARTS) is 1. The number of carboxylic acids is 1. The first-order chi connectivity index (χ1) is 7.55. The van der Waals surface area contributed by atoms with E-state index < -0.39 is 21.2 Å². The van der Waals surface area contributed by atoms with E-state index in [1.165, 1.54) is 18.2 Å². The highest BCUT2D eigenvalue weighted by Crippen LogP contribution is 2.32. The topological polar surface area (TPSA) is 71.4 Å². The van der Waals surface area contributed by atoms with E-state index in [0.717, 1.165) is 6.26 Å². The molecule has 0 aliphatic rings. The Hall–Kier alpha value is -1.36. The van der Waals surface area contributed by atoms with E-state index >= 15 is 0 Å². The van der Waals surface area contributed by atoms with Crippen LogP contribution in [0.1, 0.15) is 36.7 Å². The monoisotopic (exact) mass is 256 g/mol. The molecule has 0 saturated carbocycles. The second-order valence-corrected chi connectivity index (χ2v) is 6.99. The van der Waals surface area contributed by atoms with Gasteiger partial charge in [-0.25, -0.2) is 13.2 Å². The van der Waals surface area contributed by atoms with Gasteiger partial charge in [-0.15, -0.1) is 0 Å². The molecule has 17 heavy (non-hydrogen) atoms. The molecule has 5 heteroatoms. The molecule has 0 saturated heterocycles. The highest BCUT2D eigenvalue weighted by molar-refractivity contribution is 7.90. The van der Waals surface area contributed by atoms with Crippen LogP contribution in [0, 0.1) is 0 Å². The third kappa shape index (κ3) is 2.85. The van der Waals surface area contributed by atoms with Crippen molar-refractivity contribution >= 4 is 15.8 Å². The van der Waals surface area contributed by atoms with Gasteiger partial charge in [0.15, 0.2) is 9.84 Å². The smallest absolute Gasteiger partial charge is 0.336 e. The summed E-state index contributed by atoms with van der Waals surface area (Å²) in [6.45, 7) is 5.39. The minimum Gasteiger partial charge on any atom is -0.478 e. The van der Waals surface area contributed by atoms with Gasteiger partial charge in [0.25, 0.3) is 0 Å². The fraction of sp³-hybridized carbons (Fsp3) is 0.417. The summed E-state index contributed by atoms with van der Waals surface area (Å²) in [7, 11) is -3.44. The fourth-order valence-electron chi connectivity index (χ4n) is 1.79. The normalized spacial score (nSPS) is 12.5. The summed E-state index contributed by atoms with van der Waals surface area (Å²) in [5.74, 6) is -1.11. The van der Waals surface area contributed by atoms with Crippen LogP contribution in [0.3, 0.4) is 0 Å². The van der Waals surface area contributed by atoms with Crippen LogP contribution in [0.15, 0.2) is 23.1 Å². The van der Waals surface area contributed by atoms with Gasteiger partial charge in [-0.2, -0.15) is 0 Å². The van der Waals surface area contributed by atoms with Crippen molar-refractivity contribution in [1.82, 2.24) is 0 Å². The fourth-order valence-corrected chi connectivity index (χ4v) is 2.90. The van der Waals surface area contributed by atoms with Crippen LogP contribution >= 0.6 is 0 Å². The van der Waals surface area contributed by atoms with Crippen LogP contribution in [0.5, 0.6) is 0 Å². The summed E-state index contributed by atoms with van der Waals surface area (Å²) in [5, 5.41) is 9.12. The molecule has 0 radical (unpaired) electrons. The van der Waals surface area contributed by atoms with Gasteiger partial charge < -0.3 is 5.11 Å². The molecular formula is C12H16O4S. The lowest BCUT2D eigenvalue weighted by molar-refractivity contribution is 0.0693. The maximum Gasteiger partial charge on any atom is 0.336 e. The largest absolute Gasteiger partial charge is 0.478 e. The van der Waals surface area contributed by atoms with Gasteiger partial charge in [0.05, 0.1) is 10.5 Å². The molecule has 4 nitrogen and oxygen atoms in total. The summed E-state index contributed by atoms with van der Waals surface area (Å²) in [6.07, 6.45) is 1.09. The second kappa shape index (κ2) is 4.14. The van der Waals surface area contributed by atoms with Crippen molar-refractivity contribution in [1.29, 1.82) is 0 Å². The van der Waals surface area contributed by atoms with Crippen molar-refractivity contribution < 1.29 is 18.3 Å². The Morgan fingerprint density at radius 2 is 1.76 bits per heavy atom. The lowest BCUT2D eigenvalue weighted by Gasteiger charge is -2.24. The average Bonchev–Trinajstić information content (AvgIpc) is 2.13. The Balaban J connectivity index is 3.76. The van der Waals surface area contributed by atoms with E-state index in [2.05, 4.69) is 0 Å². The van der Waals surface area contributed by atoms with Crippen LogP contribution < -0.4 is 0 Å². The summed E-state index contributed by atoms with van der Waals surface area (Å²) in [6, 6.07) is 4.33. The Bertz CT molecular complexity index is 550. The molecule has 0 aliphatic carbocycles. The van der Waals surface area contributed by atoms with E-state index in [0.29, 0.717) is 5.56 Å². The standard InChI is InChI=1S/C12H16O4S/c1-12(2,3)10-8(11(13)14)6-5-7-9(10)17(4,15)16/h5-7H,1-4H3,(H,13,14). The van der Waals surface area contributed by atoms with Gasteiger partial charge in [-0.05, 0) is 23.1 Å². The zero-order valence-electron chi connectivity index (χ0n) is 10.3. The van der Waals surface area contributed by atoms with Gasteiger partial charge in [0, 0.05) is 6.26 Å². The highest BCUT2D eigenvalue weighted by Gasteiger charge is 2.28. The summed E-state index contributed by atoms with van der Waals surface area (Å²) in [5.41, 5.74) is -0.150. The maximum atomic E-state index is 11.7. The van der Waals surface area contributed by atoms with Gasteiger partial charge in [0.1, 0.15) is 0 Å². The number of rotatable bonds is 2. The van der Waals surface area contributed by atoms with Crippen molar-refractivity contribution in [2.24, 2.45) is 0 Å². The van der Waals surface area contributed by atoms with Crippen LogP contribution in [0.4, 0.5) is 0 Å². The van der Waals surface area contributed by atoms with E-state index in [9.17, 15) is 13.2 Å². The molecular weight excluding hydrogens is 240 g/mol. The van der Waals surface area contributed by atoms with Crippen molar-refractivity contribution in [2.45, 2.75) is 31.1 Å². The molecule has 0 aromatic heterocycles. The molecule has 0 aliphatic heterocycles. The van der Waals surface area contributed by atoms with Crippen LogP contribution in [0.25, 0.3) is 0 Å². The predicted octanol–water partition coefficient (Wildman–Crippen LogP) is 2.09. The molecule has 1 aromatic rings. The number of hydrogen-bond donors (Lipinski definition) is 1. The van der Waals surface area contributed by atoms with Crippen molar-refractivity contribution in [3.63, 3.8) is 0 Å². The predicted molar refractivity (Wildman–Crippen MR) is 65.2 cm³/mol. The molecule has 0 bridgehead atoms. The third-order valence-electron chi connectivity index (χ3n) is 2.41. The molecule has 1 aromatic carbocycles. The minimum absolute atomic E-state index is 0.0421. The maximum absolute atomic E-state index is 11.7. The average molecular weight is 256 g/mol. The van der Waals surface area contributed by atoms with Gasteiger partial charge in [-0.3, -0.25) is 0 Å². The molecule has 0 atom stereocenters. The molecule has 1 rings (SSSR count). The summed E-state index contributed by atoms with van der Waals surface area (Å²) < 4.78 is 23.4. The molecule has 1 N–H and O–H groups in total. The highest BCUT2D eigenvalue weighted by atomic mass is 32.2. The third-order valence-corrected chi connectivity index (χ3v) is 3.55. The Kier molecular flexibility index (Phi) is 3.34.